The highest BCUT2D eigenvalue weighted by atomic mass is 35.5. The number of rotatable bonds is 4. The van der Waals surface area contributed by atoms with E-state index in [2.05, 4.69) is 34.3 Å². The van der Waals surface area contributed by atoms with Crippen molar-refractivity contribution in [3.8, 4) is 0 Å². The number of hydrogen-bond acceptors (Lipinski definition) is 3. The van der Waals surface area contributed by atoms with E-state index in [1.165, 1.54) is 56.6 Å². The lowest BCUT2D eigenvalue weighted by Gasteiger charge is -2.34. The van der Waals surface area contributed by atoms with Crippen LogP contribution >= 0.6 is 11.6 Å². The Kier molecular flexibility index (Phi) is 5.04. The number of nitrogens with one attached hydrogen (secondary N) is 1. The summed E-state index contributed by atoms with van der Waals surface area (Å²) in [5, 5.41) is 4.34. The number of nitrogens with zero attached hydrogens (tertiary/aromatic N) is 2. The third kappa shape index (κ3) is 3.53. The molecule has 3 nitrogen and oxygen atoms in total. The molecule has 2 fully saturated rings. The second kappa shape index (κ2) is 6.99. The van der Waals surface area contributed by atoms with Gasteiger partial charge in [0.1, 0.15) is 0 Å². The SMILES string of the molecule is CNC1CCCN(Cc2c(Cl)cccc2N2CCCC2)C1. The van der Waals surface area contributed by atoms with Crippen LogP contribution in [-0.2, 0) is 6.54 Å². The zero-order chi connectivity index (χ0) is 14.7. The normalized spacial score (nSPS) is 23.7. The standard InChI is InChI=1S/C17H26ClN3/c1-19-14-6-5-9-20(12-14)13-15-16(18)7-4-8-17(15)21-10-2-3-11-21/h4,7-8,14,19H,2-3,5-6,9-13H2,1H3. The van der Waals surface area contributed by atoms with Crippen molar-refractivity contribution in [2.24, 2.45) is 0 Å². The second-order valence-corrected chi connectivity index (χ2v) is 6.70. The van der Waals surface area contributed by atoms with E-state index < -0.39 is 0 Å². The zero-order valence-corrected chi connectivity index (χ0v) is 13.7. The van der Waals surface area contributed by atoms with E-state index in [0.29, 0.717) is 6.04 Å². The first-order chi connectivity index (χ1) is 10.3. The maximum atomic E-state index is 6.53. The van der Waals surface area contributed by atoms with Crippen LogP contribution in [0.3, 0.4) is 0 Å². The molecule has 1 aromatic carbocycles. The van der Waals surface area contributed by atoms with Gasteiger partial charge in [-0.15, -0.1) is 0 Å². The summed E-state index contributed by atoms with van der Waals surface area (Å²) >= 11 is 6.53. The number of benzene rings is 1. The fourth-order valence-corrected chi connectivity index (χ4v) is 3.85. The molecule has 116 valence electrons. The van der Waals surface area contributed by atoms with Crippen LogP contribution in [0, 0.1) is 0 Å². The van der Waals surface area contributed by atoms with Gasteiger partial charge in [0.25, 0.3) is 0 Å². The van der Waals surface area contributed by atoms with Crippen molar-refractivity contribution in [3.05, 3.63) is 28.8 Å². The summed E-state index contributed by atoms with van der Waals surface area (Å²) in [5.74, 6) is 0. The minimum atomic E-state index is 0.622. The van der Waals surface area contributed by atoms with Crippen LogP contribution in [0.2, 0.25) is 5.02 Å². The maximum absolute atomic E-state index is 6.53. The van der Waals surface area contributed by atoms with Crippen molar-refractivity contribution < 1.29 is 0 Å². The van der Waals surface area contributed by atoms with Gasteiger partial charge in [0.15, 0.2) is 0 Å². The molecule has 2 saturated heterocycles. The summed E-state index contributed by atoms with van der Waals surface area (Å²) in [6.07, 6.45) is 5.17. The molecule has 21 heavy (non-hydrogen) atoms. The van der Waals surface area contributed by atoms with E-state index in [1.54, 1.807) is 0 Å². The van der Waals surface area contributed by atoms with Crippen molar-refractivity contribution in [2.45, 2.75) is 38.3 Å². The number of anilines is 1. The molecular weight excluding hydrogens is 282 g/mol. The monoisotopic (exact) mass is 307 g/mol. The molecule has 0 aromatic heterocycles. The third-order valence-electron chi connectivity index (χ3n) is 4.84. The van der Waals surface area contributed by atoms with Crippen molar-refractivity contribution >= 4 is 17.3 Å². The number of likely N-dealkylation sites (tertiary alicyclic amines) is 1. The smallest absolute Gasteiger partial charge is 0.0471 e. The molecule has 3 rings (SSSR count). The van der Waals surface area contributed by atoms with E-state index in [1.807, 2.05) is 6.07 Å². The Bertz CT molecular complexity index is 471. The van der Waals surface area contributed by atoms with Crippen LogP contribution in [0.1, 0.15) is 31.2 Å². The molecule has 0 spiro atoms. The van der Waals surface area contributed by atoms with Crippen molar-refractivity contribution in [1.29, 1.82) is 0 Å². The van der Waals surface area contributed by atoms with Crippen LogP contribution in [-0.4, -0.2) is 44.2 Å². The first kappa shape index (κ1) is 15.1. The molecule has 1 atom stereocenters. The Hall–Kier alpha value is -0.770. The quantitative estimate of drug-likeness (QED) is 0.922. The highest BCUT2D eigenvalue weighted by molar-refractivity contribution is 6.31. The van der Waals surface area contributed by atoms with Gasteiger partial charge in [-0.3, -0.25) is 4.90 Å². The summed E-state index contributed by atoms with van der Waals surface area (Å²) in [4.78, 5) is 5.05. The summed E-state index contributed by atoms with van der Waals surface area (Å²) in [5.41, 5.74) is 2.67. The molecule has 1 unspecified atom stereocenters. The zero-order valence-electron chi connectivity index (χ0n) is 12.9. The van der Waals surface area contributed by atoms with Crippen molar-refractivity contribution in [2.75, 3.05) is 38.1 Å². The summed E-state index contributed by atoms with van der Waals surface area (Å²) in [6, 6.07) is 6.99. The molecular formula is C17H26ClN3. The predicted molar refractivity (Wildman–Crippen MR) is 90.3 cm³/mol. The first-order valence-corrected chi connectivity index (χ1v) is 8.57. The number of likely N-dealkylation sites (N-methyl/N-ethyl adjacent to an activating group) is 1. The van der Waals surface area contributed by atoms with E-state index in [9.17, 15) is 0 Å². The van der Waals surface area contributed by atoms with Crippen LogP contribution < -0.4 is 10.2 Å². The molecule has 4 heteroatoms. The molecule has 0 radical (unpaired) electrons. The third-order valence-corrected chi connectivity index (χ3v) is 5.19. The lowest BCUT2D eigenvalue weighted by Crippen LogP contribution is -2.44. The maximum Gasteiger partial charge on any atom is 0.0471 e. The van der Waals surface area contributed by atoms with Gasteiger partial charge in [-0.1, -0.05) is 17.7 Å². The average molecular weight is 308 g/mol. The van der Waals surface area contributed by atoms with Gasteiger partial charge in [0, 0.05) is 48.5 Å². The van der Waals surface area contributed by atoms with Gasteiger partial charge in [-0.25, -0.2) is 0 Å². The predicted octanol–water partition coefficient (Wildman–Crippen LogP) is 3.12. The lowest BCUT2D eigenvalue weighted by atomic mass is 10.0. The van der Waals surface area contributed by atoms with Gasteiger partial charge in [-0.05, 0) is 51.4 Å². The minimum absolute atomic E-state index is 0.622. The topological polar surface area (TPSA) is 18.5 Å². The molecule has 2 aliphatic rings. The van der Waals surface area contributed by atoms with E-state index in [0.717, 1.165) is 18.1 Å². The van der Waals surface area contributed by atoms with Gasteiger partial charge >= 0.3 is 0 Å². The van der Waals surface area contributed by atoms with Crippen LogP contribution in [0.5, 0.6) is 0 Å². The Morgan fingerprint density at radius 1 is 1.19 bits per heavy atom. The highest BCUT2D eigenvalue weighted by Gasteiger charge is 2.22. The van der Waals surface area contributed by atoms with Crippen molar-refractivity contribution in [3.63, 3.8) is 0 Å². The largest absolute Gasteiger partial charge is 0.371 e. The van der Waals surface area contributed by atoms with E-state index in [-0.39, 0.29) is 0 Å². The average Bonchev–Trinajstić information content (AvgIpc) is 3.04. The fraction of sp³-hybridized carbons (Fsp3) is 0.647. The highest BCUT2D eigenvalue weighted by Crippen LogP contribution is 2.31. The van der Waals surface area contributed by atoms with Crippen LogP contribution in [0.15, 0.2) is 18.2 Å². The minimum Gasteiger partial charge on any atom is -0.371 e. The molecule has 0 aliphatic carbocycles. The first-order valence-electron chi connectivity index (χ1n) is 8.20. The van der Waals surface area contributed by atoms with Gasteiger partial charge in [0.05, 0.1) is 0 Å². The van der Waals surface area contributed by atoms with Gasteiger partial charge in [-0.2, -0.15) is 0 Å². The second-order valence-electron chi connectivity index (χ2n) is 6.29. The molecule has 0 saturated carbocycles. The van der Waals surface area contributed by atoms with Crippen LogP contribution in [0.4, 0.5) is 5.69 Å². The Morgan fingerprint density at radius 3 is 2.76 bits per heavy atom. The number of piperidine rings is 1. The van der Waals surface area contributed by atoms with Crippen molar-refractivity contribution in [1.82, 2.24) is 10.2 Å². The fourth-order valence-electron chi connectivity index (χ4n) is 3.62. The summed E-state index contributed by atoms with van der Waals surface area (Å²) < 4.78 is 0. The van der Waals surface area contributed by atoms with Gasteiger partial charge < -0.3 is 10.2 Å². The Balaban J connectivity index is 1.77. The molecule has 2 aliphatic heterocycles. The van der Waals surface area contributed by atoms with Crippen LogP contribution in [0.25, 0.3) is 0 Å². The Labute approximate surface area is 133 Å². The number of halogens is 1. The molecule has 0 amide bonds. The van der Waals surface area contributed by atoms with E-state index in [4.69, 9.17) is 11.6 Å². The Morgan fingerprint density at radius 2 is 2.00 bits per heavy atom. The molecule has 1 N–H and O–H groups in total. The molecule has 2 heterocycles. The number of hydrogen-bond donors (Lipinski definition) is 1. The summed E-state index contributed by atoms with van der Waals surface area (Å²) in [7, 11) is 2.07. The van der Waals surface area contributed by atoms with Gasteiger partial charge in [0.2, 0.25) is 0 Å². The molecule has 1 aromatic rings. The van der Waals surface area contributed by atoms with E-state index >= 15 is 0 Å². The lowest BCUT2D eigenvalue weighted by molar-refractivity contribution is 0.188. The molecule has 0 bridgehead atoms. The summed E-state index contributed by atoms with van der Waals surface area (Å²) in [6.45, 7) is 5.63.